The van der Waals surface area contributed by atoms with Gasteiger partial charge in [-0.25, -0.2) is 27.7 Å². The summed E-state index contributed by atoms with van der Waals surface area (Å²) in [6.07, 6.45) is 5.11. The Kier molecular flexibility index (Phi) is 12.0. The van der Waals surface area contributed by atoms with Gasteiger partial charge >= 0.3 is 12.1 Å². The SMILES string of the molecule is CCC[C@@H](CCCc1ncc(-c2ccc(NC(=O)NCc3ccccc3)cc2S(=O)(=O)NC(C)(C)C)s1)NC(=O)OC1COC1. The lowest BCUT2D eigenvalue weighted by Gasteiger charge is -2.27. The number of anilines is 1. The standard InChI is InChI=1S/C32H43N5O6S2/c1-5-10-23(36-31(39)43-25-20-42-21-25)13-9-14-29-33-19-27(44-29)26-16-15-24(17-28(26)45(40,41)37-32(2,3)4)35-30(38)34-18-22-11-7-6-8-12-22/h6-8,11-12,15-17,19,23,25,37H,5,9-10,13-14,18,20-21H2,1-4H3,(H,36,39)(H2,34,35,38)/t23-/m0/s1. The molecule has 1 saturated heterocycles. The van der Waals surface area contributed by atoms with E-state index in [1.807, 2.05) is 30.3 Å². The lowest BCUT2D eigenvalue weighted by Crippen LogP contribution is -2.43. The third kappa shape index (κ3) is 10.8. The lowest BCUT2D eigenvalue weighted by molar-refractivity contribution is -0.0984. The first-order valence-corrected chi connectivity index (χ1v) is 17.5. The highest BCUT2D eigenvalue weighted by Gasteiger charge is 2.27. The fourth-order valence-electron chi connectivity index (χ4n) is 4.76. The van der Waals surface area contributed by atoms with E-state index in [0.29, 0.717) is 42.3 Å². The molecule has 244 valence electrons. The van der Waals surface area contributed by atoms with Crippen molar-refractivity contribution in [3.05, 3.63) is 65.3 Å². The van der Waals surface area contributed by atoms with Gasteiger partial charge in [0.1, 0.15) is 0 Å². The minimum absolute atomic E-state index is 0.00640. The van der Waals surface area contributed by atoms with Crippen LogP contribution < -0.4 is 20.7 Å². The number of rotatable bonds is 14. The van der Waals surface area contributed by atoms with E-state index in [1.54, 1.807) is 39.1 Å². The van der Waals surface area contributed by atoms with Crippen molar-refractivity contribution in [1.29, 1.82) is 0 Å². The number of hydrogen-bond acceptors (Lipinski definition) is 8. The predicted molar refractivity (Wildman–Crippen MR) is 176 cm³/mol. The molecule has 0 spiro atoms. The molecule has 2 heterocycles. The number of nitrogens with one attached hydrogen (secondary N) is 4. The number of aromatic nitrogens is 1. The molecule has 0 unspecified atom stereocenters. The largest absolute Gasteiger partial charge is 0.441 e. The number of alkyl carbamates (subject to hydrolysis) is 1. The molecule has 0 bridgehead atoms. The average Bonchev–Trinajstić information content (AvgIpc) is 3.42. The number of aryl methyl sites for hydroxylation is 1. The number of urea groups is 1. The quantitative estimate of drug-likeness (QED) is 0.171. The van der Waals surface area contributed by atoms with Crippen molar-refractivity contribution in [3.63, 3.8) is 0 Å². The molecule has 1 atom stereocenters. The van der Waals surface area contributed by atoms with Crippen LogP contribution in [0.25, 0.3) is 10.4 Å². The molecule has 45 heavy (non-hydrogen) atoms. The first-order chi connectivity index (χ1) is 21.4. The van der Waals surface area contributed by atoms with Crippen LogP contribution in [0.2, 0.25) is 0 Å². The second-order valence-electron chi connectivity index (χ2n) is 12.1. The number of benzene rings is 2. The molecule has 0 aliphatic carbocycles. The van der Waals surface area contributed by atoms with Crippen molar-refractivity contribution >= 4 is 39.2 Å². The van der Waals surface area contributed by atoms with Gasteiger partial charge in [0, 0.05) is 35.6 Å². The van der Waals surface area contributed by atoms with Crippen molar-refractivity contribution in [1.82, 2.24) is 20.3 Å². The van der Waals surface area contributed by atoms with E-state index < -0.39 is 27.7 Å². The van der Waals surface area contributed by atoms with Crippen LogP contribution in [0.5, 0.6) is 0 Å². The molecule has 0 saturated carbocycles. The van der Waals surface area contributed by atoms with Crippen molar-refractivity contribution in [2.45, 2.75) is 88.9 Å². The summed E-state index contributed by atoms with van der Waals surface area (Å²) >= 11 is 1.43. The maximum absolute atomic E-state index is 13.6. The molecule has 0 radical (unpaired) electrons. The van der Waals surface area contributed by atoms with Gasteiger partial charge in [0.2, 0.25) is 10.0 Å². The van der Waals surface area contributed by atoms with Gasteiger partial charge in [-0.2, -0.15) is 0 Å². The molecule has 4 rings (SSSR count). The number of carbonyl (C=O) groups is 2. The minimum Gasteiger partial charge on any atom is -0.441 e. The Morgan fingerprint density at radius 3 is 2.53 bits per heavy atom. The van der Waals surface area contributed by atoms with Gasteiger partial charge in [-0.15, -0.1) is 11.3 Å². The zero-order valence-electron chi connectivity index (χ0n) is 26.2. The molecular formula is C32H43N5O6S2. The number of sulfonamides is 1. The molecule has 11 nitrogen and oxygen atoms in total. The Morgan fingerprint density at radius 2 is 1.87 bits per heavy atom. The third-order valence-corrected chi connectivity index (χ3v) is 9.76. The molecule has 3 amide bonds. The van der Waals surface area contributed by atoms with Crippen LogP contribution in [0.1, 0.15) is 63.9 Å². The monoisotopic (exact) mass is 657 g/mol. The Hall–Kier alpha value is -3.52. The van der Waals surface area contributed by atoms with Crippen LogP contribution >= 0.6 is 11.3 Å². The van der Waals surface area contributed by atoms with Crippen LogP contribution in [0.15, 0.2) is 59.6 Å². The highest BCUT2D eigenvalue weighted by molar-refractivity contribution is 7.89. The number of thiazole rings is 1. The highest BCUT2D eigenvalue weighted by atomic mass is 32.2. The van der Waals surface area contributed by atoms with Gasteiger partial charge < -0.3 is 25.4 Å². The van der Waals surface area contributed by atoms with Gasteiger partial charge in [-0.05, 0) is 64.2 Å². The Balaban J connectivity index is 1.44. The summed E-state index contributed by atoms with van der Waals surface area (Å²) in [6.45, 7) is 8.61. The smallest absolute Gasteiger partial charge is 0.407 e. The molecule has 3 aromatic rings. The van der Waals surface area contributed by atoms with Crippen LogP contribution in [0.3, 0.4) is 0 Å². The second-order valence-corrected chi connectivity index (χ2v) is 14.8. The maximum Gasteiger partial charge on any atom is 0.407 e. The maximum atomic E-state index is 13.6. The summed E-state index contributed by atoms with van der Waals surface area (Å²) in [7, 11) is -3.96. The summed E-state index contributed by atoms with van der Waals surface area (Å²) in [4.78, 5) is 30.2. The van der Waals surface area contributed by atoms with Gasteiger partial charge in [0.05, 0.1) is 28.0 Å². The molecular weight excluding hydrogens is 615 g/mol. The fourth-order valence-corrected chi connectivity index (χ4v) is 7.49. The zero-order valence-corrected chi connectivity index (χ0v) is 27.9. The minimum atomic E-state index is -3.96. The fraction of sp³-hybridized carbons (Fsp3) is 0.469. The number of nitrogens with zero attached hydrogens (tertiary/aromatic N) is 1. The second kappa shape index (κ2) is 15.7. The van der Waals surface area contributed by atoms with Crippen LogP contribution in [-0.4, -0.2) is 56.4 Å². The predicted octanol–water partition coefficient (Wildman–Crippen LogP) is 5.83. The third-order valence-electron chi connectivity index (χ3n) is 6.87. The van der Waals surface area contributed by atoms with Crippen LogP contribution in [-0.2, 0) is 32.5 Å². The van der Waals surface area contributed by atoms with E-state index in [4.69, 9.17) is 9.47 Å². The van der Waals surface area contributed by atoms with Gasteiger partial charge in [0.15, 0.2) is 6.10 Å². The first kappa shape index (κ1) is 34.4. The van der Waals surface area contributed by atoms with Crippen molar-refractivity contribution in [2.75, 3.05) is 18.5 Å². The molecule has 1 aliphatic heterocycles. The summed E-state index contributed by atoms with van der Waals surface area (Å²) < 4.78 is 40.3. The van der Waals surface area contributed by atoms with E-state index in [9.17, 15) is 18.0 Å². The van der Waals surface area contributed by atoms with E-state index in [2.05, 4.69) is 32.6 Å². The van der Waals surface area contributed by atoms with Gasteiger partial charge in [-0.3, -0.25) is 0 Å². The zero-order chi connectivity index (χ0) is 32.5. The van der Waals surface area contributed by atoms with E-state index >= 15 is 0 Å². The lowest BCUT2D eigenvalue weighted by atomic mass is 10.1. The molecule has 1 aromatic heterocycles. The number of amides is 3. The van der Waals surface area contributed by atoms with Gasteiger partial charge in [0.25, 0.3) is 0 Å². The summed E-state index contributed by atoms with van der Waals surface area (Å²) in [5, 5.41) is 9.38. The Morgan fingerprint density at radius 1 is 1.11 bits per heavy atom. The summed E-state index contributed by atoms with van der Waals surface area (Å²) in [5.41, 5.74) is 1.08. The topological polar surface area (TPSA) is 148 Å². The molecule has 2 aromatic carbocycles. The van der Waals surface area contributed by atoms with Crippen molar-refractivity contribution in [2.24, 2.45) is 0 Å². The average molecular weight is 658 g/mol. The summed E-state index contributed by atoms with van der Waals surface area (Å²) in [6, 6.07) is 13.9. The first-order valence-electron chi connectivity index (χ1n) is 15.2. The number of hydrogen-bond donors (Lipinski definition) is 4. The van der Waals surface area contributed by atoms with E-state index in [1.165, 1.54) is 17.4 Å². The molecule has 4 N–H and O–H groups in total. The van der Waals surface area contributed by atoms with E-state index in [0.717, 1.165) is 36.3 Å². The molecule has 1 fully saturated rings. The van der Waals surface area contributed by atoms with Crippen LogP contribution in [0, 0.1) is 0 Å². The number of carbonyl (C=O) groups excluding carboxylic acids is 2. The van der Waals surface area contributed by atoms with Crippen LogP contribution in [0.4, 0.5) is 15.3 Å². The van der Waals surface area contributed by atoms with E-state index in [-0.39, 0.29) is 17.0 Å². The Bertz CT molecular complexity index is 1530. The molecule has 13 heteroatoms. The van der Waals surface area contributed by atoms with Crippen molar-refractivity contribution < 1.29 is 27.5 Å². The highest BCUT2D eigenvalue weighted by Crippen LogP contribution is 2.34. The van der Waals surface area contributed by atoms with Crippen molar-refractivity contribution in [3.8, 4) is 10.4 Å². The number of ether oxygens (including phenoxy) is 2. The van der Waals surface area contributed by atoms with Gasteiger partial charge in [-0.1, -0.05) is 49.7 Å². The Labute approximate surface area is 269 Å². The molecule has 1 aliphatic rings. The summed E-state index contributed by atoms with van der Waals surface area (Å²) in [5.74, 6) is 0. The normalized spacial score (nSPS) is 14.3.